The zero-order valence-electron chi connectivity index (χ0n) is 11.5. The van der Waals surface area contributed by atoms with Crippen molar-refractivity contribution in [3.05, 3.63) is 18.2 Å². The Morgan fingerprint density at radius 2 is 2.21 bits per heavy atom. The fourth-order valence-corrected chi connectivity index (χ4v) is 3.33. The lowest BCUT2D eigenvalue weighted by molar-refractivity contribution is 0.266. The first-order valence-electron chi connectivity index (χ1n) is 7.14. The highest BCUT2D eigenvalue weighted by Gasteiger charge is 2.46. The molecule has 1 aliphatic carbocycles. The Kier molecular flexibility index (Phi) is 2.17. The second-order valence-corrected chi connectivity index (χ2v) is 6.22. The van der Waals surface area contributed by atoms with Crippen LogP contribution >= 0.6 is 0 Å². The van der Waals surface area contributed by atoms with Crippen LogP contribution in [-0.2, 0) is 19.5 Å². The van der Waals surface area contributed by atoms with Crippen molar-refractivity contribution in [3.8, 4) is 11.4 Å². The summed E-state index contributed by atoms with van der Waals surface area (Å²) in [5, 5.41) is 13.1. The first-order valence-corrected chi connectivity index (χ1v) is 7.14. The van der Waals surface area contributed by atoms with Gasteiger partial charge in [-0.1, -0.05) is 6.92 Å². The maximum Gasteiger partial charge on any atom is 0.167 e. The summed E-state index contributed by atoms with van der Waals surface area (Å²) in [6, 6.07) is 0. The van der Waals surface area contributed by atoms with Gasteiger partial charge >= 0.3 is 0 Å². The lowest BCUT2D eigenvalue weighted by Gasteiger charge is -2.22. The SMILES string of the molecule is CCn1cc(-c2nnc3n2CC(C)(C2CC2)C3)cn1. The summed E-state index contributed by atoms with van der Waals surface area (Å²) in [5.41, 5.74) is 1.49. The number of fused-ring (bicyclic) bond motifs is 1. The van der Waals surface area contributed by atoms with E-state index in [0.29, 0.717) is 5.41 Å². The zero-order chi connectivity index (χ0) is 13.0. The monoisotopic (exact) mass is 257 g/mol. The summed E-state index contributed by atoms with van der Waals surface area (Å²) in [4.78, 5) is 0. The van der Waals surface area contributed by atoms with E-state index in [9.17, 15) is 0 Å². The molecule has 0 amide bonds. The second kappa shape index (κ2) is 3.68. The van der Waals surface area contributed by atoms with E-state index in [1.807, 2.05) is 10.9 Å². The summed E-state index contributed by atoms with van der Waals surface area (Å²) >= 11 is 0. The molecule has 1 saturated carbocycles. The van der Waals surface area contributed by atoms with Crippen LogP contribution in [0.25, 0.3) is 11.4 Å². The molecule has 5 nitrogen and oxygen atoms in total. The van der Waals surface area contributed by atoms with Crippen molar-refractivity contribution >= 4 is 0 Å². The van der Waals surface area contributed by atoms with Gasteiger partial charge in [0.05, 0.1) is 11.8 Å². The van der Waals surface area contributed by atoms with Gasteiger partial charge in [-0.3, -0.25) is 4.68 Å². The largest absolute Gasteiger partial charge is 0.310 e. The summed E-state index contributed by atoms with van der Waals surface area (Å²) in [6.45, 7) is 6.45. The molecule has 100 valence electrons. The molecule has 1 aliphatic heterocycles. The van der Waals surface area contributed by atoms with E-state index in [2.05, 4.69) is 39.9 Å². The van der Waals surface area contributed by atoms with Crippen molar-refractivity contribution in [1.82, 2.24) is 24.5 Å². The van der Waals surface area contributed by atoms with Crippen LogP contribution in [0.1, 0.15) is 32.5 Å². The maximum absolute atomic E-state index is 4.39. The smallest absolute Gasteiger partial charge is 0.167 e. The molecule has 0 N–H and O–H groups in total. The Balaban J connectivity index is 1.70. The van der Waals surface area contributed by atoms with E-state index in [0.717, 1.165) is 42.6 Å². The second-order valence-electron chi connectivity index (χ2n) is 6.22. The van der Waals surface area contributed by atoms with E-state index in [4.69, 9.17) is 0 Å². The van der Waals surface area contributed by atoms with Crippen LogP contribution in [0.5, 0.6) is 0 Å². The van der Waals surface area contributed by atoms with Gasteiger partial charge in [-0.15, -0.1) is 10.2 Å². The van der Waals surface area contributed by atoms with Crippen molar-refractivity contribution in [2.24, 2.45) is 11.3 Å². The molecule has 0 aromatic carbocycles. The van der Waals surface area contributed by atoms with Crippen LogP contribution in [0.2, 0.25) is 0 Å². The lowest BCUT2D eigenvalue weighted by atomic mass is 9.83. The first-order chi connectivity index (χ1) is 9.19. The van der Waals surface area contributed by atoms with Gasteiger partial charge in [-0.25, -0.2) is 0 Å². The molecule has 1 fully saturated rings. The molecule has 3 heterocycles. The maximum atomic E-state index is 4.39. The third-order valence-corrected chi connectivity index (χ3v) is 4.69. The number of hydrogen-bond acceptors (Lipinski definition) is 3. The summed E-state index contributed by atoms with van der Waals surface area (Å²) in [5.74, 6) is 3.02. The Bertz CT molecular complexity index is 622. The Morgan fingerprint density at radius 1 is 1.37 bits per heavy atom. The minimum Gasteiger partial charge on any atom is -0.310 e. The van der Waals surface area contributed by atoms with Gasteiger partial charge in [-0.2, -0.15) is 5.10 Å². The van der Waals surface area contributed by atoms with Crippen LogP contribution in [0, 0.1) is 11.3 Å². The van der Waals surface area contributed by atoms with Gasteiger partial charge < -0.3 is 4.57 Å². The summed E-state index contributed by atoms with van der Waals surface area (Å²) in [7, 11) is 0. The van der Waals surface area contributed by atoms with Gasteiger partial charge in [0.2, 0.25) is 0 Å². The topological polar surface area (TPSA) is 48.5 Å². The van der Waals surface area contributed by atoms with Crippen molar-refractivity contribution in [2.75, 3.05) is 0 Å². The molecule has 1 unspecified atom stereocenters. The zero-order valence-corrected chi connectivity index (χ0v) is 11.5. The Labute approximate surface area is 112 Å². The van der Waals surface area contributed by atoms with E-state index >= 15 is 0 Å². The van der Waals surface area contributed by atoms with Crippen molar-refractivity contribution in [1.29, 1.82) is 0 Å². The first kappa shape index (κ1) is 11.2. The van der Waals surface area contributed by atoms with Crippen molar-refractivity contribution < 1.29 is 0 Å². The highest BCUT2D eigenvalue weighted by molar-refractivity contribution is 5.53. The number of rotatable bonds is 3. The minimum absolute atomic E-state index is 0.404. The van der Waals surface area contributed by atoms with Gasteiger partial charge in [0.25, 0.3) is 0 Å². The van der Waals surface area contributed by atoms with E-state index in [1.54, 1.807) is 0 Å². The number of aryl methyl sites for hydroxylation is 1. The standard InChI is InChI=1S/C14H19N5/c1-3-18-8-10(7-15-18)13-17-16-12-6-14(2,9-19(12)13)11-4-5-11/h7-8,11H,3-6,9H2,1-2H3. The summed E-state index contributed by atoms with van der Waals surface area (Å²) < 4.78 is 4.24. The molecular weight excluding hydrogens is 238 g/mol. The highest BCUT2D eigenvalue weighted by atomic mass is 15.3. The van der Waals surface area contributed by atoms with Gasteiger partial charge in [-0.05, 0) is 31.1 Å². The molecule has 0 spiro atoms. The average molecular weight is 257 g/mol. The molecular formula is C14H19N5. The molecule has 0 saturated heterocycles. The van der Waals surface area contributed by atoms with Crippen molar-refractivity contribution in [3.63, 3.8) is 0 Å². The average Bonchev–Trinajstić information content (AvgIpc) is 2.91. The van der Waals surface area contributed by atoms with Crippen LogP contribution in [0.4, 0.5) is 0 Å². The highest BCUT2D eigenvalue weighted by Crippen LogP contribution is 2.51. The lowest BCUT2D eigenvalue weighted by Crippen LogP contribution is -2.21. The molecule has 0 radical (unpaired) electrons. The minimum atomic E-state index is 0.404. The van der Waals surface area contributed by atoms with Crippen LogP contribution in [-0.4, -0.2) is 24.5 Å². The van der Waals surface area contributed by atoms with Crippen LogP contribution < -0.4 is 0 Å². The van der Waals surface area contributed by atoms with Crippen LogP contribution in [0.3, 0.4) is 0 Å². The quantitative estimate of drug-likeness (QED) is 0.846. The fraction of sp³-hybridized carbons (Fsp3) is 0.643. The normalized spacial score (nSPS) is 25.8. The molecule has 1 atom stereocenters. The number of aromatic nitrogens is 5. The fourth-order valence-electron chi connectivity index (χ4n) is 3.33. The third kappa shape index (κ3) is 1.64. The molecule has 2 aromatic heterocycles. The predicted octanol–water partition coefficient (Wildman–Crippen LogP) is 2.13. The van der Waals surface area contributed by atoms with Gasteiger partial charge in [0, 0.05) is 25.7 Å². The molecule has 4 rings (SSSR count). The molecule has 19 heavy (non-hydrogen) atoms. The van der Waals surface area contributed by atoms with Gasteiger partial charge in [0.1, 0.15) is 5.82 Å². The van der Waals surface area contributed by atoms with Gasteiger partial charge in [0.15, 0.2) is 5.82 Å². The van der Waals surface area contributed by atoms with E-state index in [-0.39, 0.29) is 0 Å². The summed E-state index contributed by atoms with van der Waals surface area (Å²) in [6.07, 6.45) is 7.81. The van der Waals surface area contributed by atoms with Crippen molar-refractivity contribution in [2.45, 2.75) is 46.2 Å². The van der Waals surface area contributed by atoms with E-state index in [1.165, 1.54) is 12.8 Å². The Hall–Kier alpha value is -1.65. The molecule has 5 heteroatoms. The molecule has 0 bridgehead atoms. The number of hydrogen-bond donors (Lipinski definition) is 0. The predicted molar refractivity (Wildman–Crippen MR) is 71.5 cm³/mol. The van der Waals surface area contributed by atoms with E-state index < -0.39 is 0 Å². The molecule has 2 aromatic rings. The molecule has 2 aliphatic rings. The third-order valence-electron chi connectivity index (χ3n) is 4.69. The van der Waals surface area contributed by atoms with Crippen LogP contribution in [0.15, 0.2) is 12.4 Å². The number of nitrogens with zero attached hydrogens (tertiary/aromatic N) is 5. The Morgan fingerprint density at radius 3 is 2.89 bits per heavy atom.